The Labute approximate surface area is 232 Å². The van der Waals surface area contributed by atoms with Crippen molar-refractivity contribution in [3.8, 4) is 0 Å². The van der Waals surface area contributed by atoms with Gasteiger partial charge in [0.05, 0.1) is 5.52 Å². The van der Waals surface area contributed by atoms with Crippen molar-refractivity contribution >= 4 is 46.0 Å². The summed E-state index contributed by atoms with van der Waals surface area (Å²) in [4.78, 5) is 27.8. The van der Waals surface area contributed by atoms with Crippen LogP contribution in [0.15, 0.2) is 72.9 Å². The van der Waals surface area contributed by atoms with E-state index in [4.69, 9.17) is 28.3 Å². The normalized spacial score (nSPS) is 12.7. The lowest BCUT2D eigenvalue weighted by Gasteiger charge is -2.21. The molecule has 5 nitrogen and oxygen atoms in total. The predicted molar refractivity (Wildman–Crippen MR) is 153 cm³/mol. The number of hydrogen-bond donors (Lipinski definition) is 2. The van der Waals surface area contributed by atoms with Gasteiger partial charge < -0.3 is 10.4 Å². The molecule has 1 amide bonds. The van der Waals surface area contributed by atoms with Crippen LogP contribution in [0.1, 0.15) is 64.7 Å². The highest BCUT2D eigenvalue weighted by atomic mass is 35.5. The molecule has 0 saturated heterocycles. The number of aliphatic carboxylic acids is 1. The molecule has 4 aromatic rings. The van der Waals surface area contributed by atoms with Crippen LogP contribution < -0.4 is 5.32 Å². The van der Waals surface area contributed by atoms with E-state index in [1.165, 1.54) is 18.1 Å². The maximum atomic E-state index is 12.2. The van der Waals surface area contributed by atoms with Gasteiger partial charge in [0.2, 0.25) is 0 Å². The molecular weight excluding hydrogens is 519 g/mol. The van der Waals surface area contributed by atoms with Crippen LogP contribution in [0.5, 0.6) is 0 Å². The van der Waals surface area contributed by atoms with Crippen molar-refractivity contribution in [1.82, 2.24) is 10.3 Å². The maximum Gasteiger partial charge on any atom is 0.325 e. The molecule has 2 N–H and O–H groups in total. The third kappa shape index (κ3) is 6.72. The lowest BCUT2D eigenvalue weighted by atomic mass is 9.84. The van der Waals surface area contributed by atoms with Crippen LogP contribution in [-0.4, -0.2) is 28.0 Å². The minimum atomic E-state index is -1.06. The van der Waals surface area contributed by atoms with Gasteiger partial charge in [-0.25, -0.2) is 0 Å². The van der Waals surface area contributed by atoms with Crippen LogP contribution in [0, 0.1) is 6.92 Å². The first-order valence-electron chi connectivity index (χ1n) is 12.7. The lowest BCUT2D eigenvalue weighted by Crippen LogP contribution is -2.38. The van der Waals surface area contributed by atoms with Crippen LogP contribution in [0.25, 0.3) is 10.9 Å². The average molecular weight is 549 g/mol. The zero-order valence-corrected chi connectivity index (χ0v) is 22.9. The molecule has 0 aliphatic rings. The highest BCUT2D eigenvalue weighted by Gasteiger charge is 2.19. The quantitative estimate of drug-likeness (QED) is 0.200. The first-order chi connectivity index (χ1) is 18.2. The Morgan fingerprint density at radius 3 is 2.34 bits per heavy atom. The molecule has 196 valence electrons. The van der Waals surface area contributed by atoms with E-state index in [0.717, 1.165) is 47.7 Å². The Hall–Kier alpha value is -3.41. The standard InChI is InChI=1S/C31H30Cl2N2O3/c1-19-17-25(33)18-28-27(15-16-34-29(19)28)26(22-11-13-24(32)14-12-22)6-4-3-5-21-7-9-23(10-8-21)30(36)35-20(2)31(37)38/h7-18,20,26H,3-6H2,1-2H3,(H,35,36)(H,37,38)/t20-,26-/m0/s1. The number of carboxylic acids is 1. The number of pyridine rings is 1. The fourth-order valence-electron chi connectivity index (χ4n) is 4.75. The molecule has 2 atom stereocenters. The van der Waals surface area contributed by atoms with Gasteiger partial charge >= 0.3 is 5.97 Å². The molecule has 0 spiro atoms. The summed E-state index contributed by atoms with van der Waals surface area (Å²) in [5.41, 5.74) is 6.00. The number of halogens is 2. The fourth-order valence-corrected chi connectivity index (χ4v) is 5.15. The van der Waals surface area contributed by atoms with Gasteiger partial charge in [-0.1, -0.05) is 53.9 Å². The summed E-state index contributed by atoms with van der Waals surface area (Å²) < 4.78 is 0. The fraction of sp³-hybridized carbons (Fsp3) is 0.258. The first-order valence-corrected chi connectivity index (χ1v) is 13.4. The van der Waals surface area contributed by atoms with E-state index in [2.05, 4.69) is 28.5 Å². The van der Waals surface area contributed by atoms with Crippen molar-refractivity contribution in [3.05, 3.63) is 111 Å². The van der Waals surface area contributed by atoms with Crippen molar-refractivity contribution in [2.24, 2.45) is 0 Å². The second kappa shape index (κ2) is 12.4. The van der Waals surface area contributed by atoms with Crippen LogP contribution in [0.3, 0.4) is 0 Å². The second-order valence-electron chi connectivity index (χ2n) is 9.60. The van der Waals surface area contributed by atoms with Gasteiger partial charge in [-0.3, -0.25) is 14.6 Å². The Balaban J connectivity index is 1.47. The minimum Gasteiger partial charge on any atom is -0.480 e. The number of rotatable bonds is 10. The van der Waals surface area contributed by atoms with E-state index in [1.54, 1.807) is 12.1 Å². The van der Waals surface area contributed by atoms with Crippen LogP contribution in [0.2, 0.25) is 10.0 Å². The Morgan fingerprint density at radius 1 is 0.947 bits per heavy atom. The van der Waals surface area contributed by atoms with Gasteiger partial charge in [-0.2, -0.15) is 0 Å². The average Bonchev–Trinajstić information content (AvgIpc) is 2.89. The Bertz CT molecular complexity index is 1440. The van der Waals surface area contributed by atoms with E-state index in [9.17, 15) is 9.59 Å². The number of aryl methyl sites for hydroxylation is 2. The van der Waals surface area contributed by atoms with Gasteiger partial charge in [0.15, 0.2) is 0 Å². The summed E-state index contributed by atoms with van der Waals surface area (Å²) in [5, 5.41) is 13.9. The summed E-state index contributed by atoms with van der Waals surface area (Å²) in [7, 11) is 0. The molecule has 38 heavy (non-hydrogen) atoms. The topological polar surface area (TPSA) is 79.3 Å². The number of nitrogens with one attached hydrogen (secondary N) is 1. The number of carbonyl (C=O) groups is 2. The molecule has 0 aliphatic carbocycles. The lowest BCUT2D eigenvalue weighted by molar-refractivity contribution is -0.138. The van der Waals surface area contributed by atoms with Gasteiger partial charge in [0, 0.05) is 33.1 Å². The molecule has 0 fully saturated rings. The van der Waals surface area contributed by atoms with Gasteiger partial charge in [-0.05, 0) is 97.8 Å². The summed E-state index contributed by atoms with van der Waals surface area (Å²) in [6.45, 7) is 3.47. The number of unbranched alkanes of at least 4 members (excludes halogenated alkanes) is 1. The third-order valence-corrected chi connectivity index (χ3v) is 7.29. The highest BCUT2D eigenvalue weighted by molar-refractivity contribution is 6.31. The largest absolute Gasteiger partial charge is 0.480 e. The molecule has 7 heteroatoms. The predicted octanol–water partition coefficient (Wildman–Crippen LogP) is 7.60. The van der Waals surface area contributed by atoms with E-state index < -0.39 is 17.9 Å². The zero-order valence-electron chi connectivity index (χ0n) is 21.4. The third-order valence-electron chi connectivity index (χ3n) is 6.82. The van der Waals surface area contributed by atoms with E-state index in [-0.39, 0.29) is 5.92 Å². The number of nitrogens with zero attached hydrogens (tertiary/aromatic N) is 1. The zero-order chi connectivity index (χ0) is 27.2. The number of carboxylic acid groups (broad SMARTS) is 1. The molecule has 0 bridgehead atoms. The number of benzene rings is 3. The van der Waals surface area contributed by atoms with Crippen molar-refractivity contribution in [2.75, 3.05) is 0 Å². The number of amides is 1. The molecule has 0 radical (unpaired) electrons. The van der Waals surface area contributed by atoms with E-state index in [1.807, 2.05) is 49.5 Å². The summed E-state index contributed by atoms with van der Waals surface area (Å²) in [6, 6.07) is 20.5. The first kappa shape index (κ1) is 27.6. The molecule has 0 unspecified atom stereocenters. The molecule has 4 rings (SSSR count). The van der Waals surface area contributed by atoms with Crippen LogP contribution in [0.4, 0.5) is 0 Å². The van der Waals surface area contributed by atoms with E-state index >= 15 is 0 Å². The molecule has 0 aliphatic heterocycles. The molecule has 1 heterocycles. The second-order valence-corrected chi connectivity index (χ2v) is 10.5. The van der Waals surface area contributed by atoms with Crippen LogP contribution in [-0.2, 0) is 11.2 Å². The molecule has 3 aromatic carbocycles. The molecule has 0 saturated carbocycles. The molecule has 1 aromatic heterocycles. The molecular formula is C31H30Cl2N2O3. The number of aromatic nitrogens is 1. The summed E-state index contributed by atoms with van der Waals surface area (Å²) >= 11 is 12.6. The van der Waals surface area contributed by atoms with Crippen molar-refractivity contribution in [3.63, 3.8) is 0 Å². The van der Waals surface area contributed by atoms with Gasteiger partial charge in [0.1, 0.15) is 6.04 Å². The Morgan fingerprint density at radius 2 is 1.66 bits per heavy atom. The minimum absolute atomic E-state index is 0.165. The van der Waals surface area contributed by atoms with Gasteiger partial charge in [-0.15, -0.1) is 0 Å². The van der Waals surface area contributed by atoms with Crippen molar-refractivity contribution in [2.45, 2.75) is 51.5 Å². The number of fused-ring (bicyclic) bond motifs is 1. The van der Waals surface area contributed by atoms with Crippen LogP contribution >= 0.6 is 23.2 Å². The summed E-state index contributed by atoms with van der Waals surface area (Å²) in [5.74, 6) is -1.29. The number of hydrogen-bond acceptors (Lipinski definition) is 3. The Kier molecular flexibility index (Phi) is 9.03. The highest BCUT2D eigenvalue weighted by Crippen LogP contribution is 2.36. The van der Waals surface area contributed by atoms with Crippen molar-refractivity contribution in [1.29, 1.82) is 0 Å². The summed E-state index contributed by atoms with van der Waals surface area (Å²) in [6.07, 6.45) is 5.67. The van der Waals surface area contributed by atoms with Gasteiger partial charge in [0.25, 0.3) is 5.91 Å². The van der Waals surface area contributed by atoms with E-state index in [0.29, 0.717) is 15.6 Å². The smallest absolute Gasteiger partial charge is 0.325 e. The SMILES string of the molecule is Cc1cc(Cl)cc2c([C@@H](CCCCc3ccc(C(=O)N[C@@H](C)C(=O)O)cc3)c3ccc(Cl)cc3)ccnc12. The maximum absolute atomic E-state index is 12.2. The number of carbonyl (C=O) groups excluding carboxylic acids is 1. The monoisotopic (exact) mass is 548 g/mol. The van der Waals surface area contributed by atoms with Crippen molar-refractivity contribution < 1.29 is 14.7 Å².